The smallest absolute Gasteiger partial charge is 0.123 e. The van der Waals surface area contributed by atoms with Gasteiger partial charge in [0.2, 0.25) is 0 Å². The molecular weight excluding hydrogens is 249 g/mol. The van der Waals surface area contributed by atoms with Gasteiger partial charge in [-0.1, -0.05) is 30.3 Å². The van der Waals surface area contributed by atoms with E-state index in [1.807, 2.05) is 12.1 Å². The molecule has 0 aliphatic rings. The molecule has 20 heavy (non-hydrogen) atoms. The van der Waals surface area contributed by atoms with Crippen LogP contribution < -0.4 is 5.32 Å². The second kappa shape index (κ2) is 6.67. The van der Waals surface area contributed by atoms with Crippen LogP contribution in [0.1, 0.15) is 29.2 Å². The van der Waals surface area contributed by atoms with Gasteiger partial charge in [-0.25, -0.2) is 4.39 Å². The molecule has 0 aliphatic carbocycles. The number of hydrogen-bond donors (Lipinski definition) is 1. The number of benzene rings is 2. The van der Waals surface area contributed by atoms with Crippen LogP contribution in [0.15, 0.2) is 42.5 Å². The standard InChI is InChI=1S/C18H22FN/c1-13-5-4-6-17(15(13)3)12-20-14(2)11-16-7-9-18(19)10-8-16/h4-10,14,20H,11-12H2,1-3H3. The highest BCUT2D eigenvalue weighted by Crippen LogP contribution is 2.13. The van der Waals surface area contributed by atoms with Gasteiger partial charge < -0.3 is 5.32 Å². The fourth-order valence-corrected chi connectivity index (χ4v) is 2.33. The Morgan fingerprint density at radius 2 is 1.75 bits per heavy atom. The minimum Gasteiger partial charge on any atom is -0.310 e. The van der Waals surface area contributed by atoms with E-state index in [2.05, 4.69) is 44.3 Å². The Labute approximate surface area is 120 Å². The third kappa shape index (κ3) is 3.91. The molecule has 0 bridgehead atoms. The third-order valence-corrected chi connectivity index (χ3v) is 3.81. The van der Waals surface area contributed by atoms with Crippen LogP contribution in [-0.4, -0.2) is 6.04 Å². The van der Waals surface area contributed by atoms with E-state index in [0.29, 0.717) is 6.04 Å². The van der Waals surface area contributed by atoms with Crippen molar-refractivity contribution < 1.29 is 4.39 Å². The molecule has 2 aromatic carbocycles. The molecule has 1 N–H and O–H groups in total. The molecule has 0 saturated carbocycles. The molecule has 0 fully saturated rings. The average Bonchev–Trinajstić information content (AvgIpc) is 2.43. The quantitative estimate of drug-likeness (QED) is 0.861. The number of aryl methyl sites for hydroxylation is 1. The van der Waals surface area contributed by atoms with Crippen LogP contribution in [0.3, 0.4) is 0 Å². The van der Waals surface area contributed by atoms with E-state index in [0.717, 1.165) is 18.5 Å². The van der Waals surface area contributed by atoms with E-state index >= 15 is 0 Å². The van der Waals surface area contributed by atoms with E-state index in [9.17, 15) is 4.39 Å². The monoisotopic (exact) mass is 271 g/mol. The molecule has 0 saturated heterocycles. The van der Waals surface area contributed by atoms with Crippen LogP contribution in [0.2, 0.25) is 0 Å². The summed E-state index contributed by atoms with van der Waals surface area (Å²) in [5, 5.41) is 3.54. The molecule has 1 nitrogen and oxygen atoms in total. The van der Waals surface area contributed by atoms with E-state index in [1.165, 1.54) is 28.8 Å². The van der Waals surface area contributed by atoms with Crippen LogP contribution in [0.4, 0.5) is 4.39 Å². The van der Waals surface area contributed by atoms with Gasteiger partial charge in [-0.2, -0.15) is 0 Å². The van der Waals surface area contributed by atoms with Gasteiger partial charge in [0.25, 0.3) is 0 Å². The van der Waals surface area contributed by atoms with Crippen LogP contribution in [0.25, 0.3) is 0 Å². The Morgan fingerprint density at radius 1 is 1.05 bits per heavy atom. The van der Waals surface area contributed by atoms with Crippen molar-refractivity contribution in [2.75, 3.05) is 0 Å². The van der Waals surface area contributed by atoms with Crippen LogP contribution in [0, 0.1) is 19.7 Å². The Kier molecular flexibility index (Phi) is 4.91. The number of rotatable bonds is 5. The second-order valence-electron chi connectivity index (χ2n) is 5.47. The summed E-state index contributed by atoms with van der Waals surface area (Å²) in [6.45, 7) is 7.34. The molecule has 2 heteroatoms. The van der Waals surface area contributed by atoms with Gasteiger partial charge >= 0.3 is 0 Å². The molecule has 0 spiro atoms. The van der Waals surface area contributed by atoms with E-state index in [4.69, 9.17) is 0 Å². The summed E-state index contributed by atoms with van der Waals surface area (Å²) in [6.07, 6.45) is 0.908. The Hall–Kier alpha value is -1.67. The van der Waals surface area contributed by atoms with Crippen LogP contribution in [0.5, 0.6) is 0 Å². The second-order valence-corrected chi connectivity index (χ2v) is 5.47. The van der Waals surface area contributed by atoms with Crippen molar-refractivity contribution in [1.82, 2.24) is 5.32 Å². The van der Waals surface area contributed by atoms with Gasteiger partial charge in [0, 0.05) is 12.6 Å². The van der Waals surface area contributed by atoms with Gasteiger partial charge in [0.15, 0.2) is 0 Å². The van der Waals surface area contributed by atoms with Gasteiger partial charge in [-0.3, -0.25) is 0 Å². The molecule has 0 heterocycles. The summed E-state index contributed by atoms with van der Waals surface area (Å²) >= 11 is 0. The molecule has 1 unspecified atom stereocenters. The normalized spacial score (nSPS) is 12.4. The highest BCUT2D eigenvalue weighted by atomic mass is 19.1. The Balaban J connectivity index is 1.90. The lowest BCUT2D eigenvalue weighted by Gasteiger charge is -2.16. The molecule has 0 amide bonds. The predicted molar refractivity (Wildman–Crippen MR) is 82.3 cm³/mol. The van der Waals surface area contributed by atoms with Gasteiger partial charge in [0.05, 0.1) is 0 Å². The van der Waals surface area contributed by atoms with E-state index < -0.39 is 0 Å². The number of nitrogens with one attached hydrogen (secondary N) is 1. The molecule has 1 atom stereocenters. The summed E-state index contributed by atoms with van der Waals surface area (Å²) in [4.78, 5) is 0. The van der Waals surface area contributed by atoms with Crippen molar-refractivity contribution in [2.45, 2.75) is 39.8 Å². The summed E-state index contributed by atoms with van der Waals surface area (Å²) < 4.78 is 12.9. The zero-order valence-corrected chi connectivity index (χ0v) is 12.4. The van der Waals surface area contributed by atoms with Crippen molar-refractivity contribution in [2.24, 2.45) is 0 Å². The zero-order chi connectivity index (χ0) is 14.5. The number of hydrogen-bond acceptors (Lipinski definition) is 1. The first kappa shape index (κ1) is 14.7. The Morgan fingerprint density at radius 3 is 2.45 bits per heavy atom. The van der Waals surface area contributed by atoms with Crippen molar-refractivity contribution in [3.63, 3.8) is 0 Å². The molecule has 106 valence electrons. The van der Waals surface area contributed by atoms with Crippen LogP contribution in [-0.2, 0) is 13.0 Å². The van der Waals surface area contributed by atoms with E-state index in [1.54, 1.807) is 0 Å². The summed E-state index contributed by atoms with van der Waals surface area (Å²) in [6, 6.07) is 13.5. The minimum atomic E-state index is -0.176. The lowest BCUT2D eigenvalue weighted by molar-refractivity contribution is 0.543. The topological polar surface area (TPSA) is 12.0 Å². The van der Waals surface area contributed by atoms with Crippen molar-refractivity contribution in [3.05, 3.63) is 70.5 Å². The first-order valence-electron chi connectivity index (χ1n) is 7.09. The molecular formula is C18H22FN. The van der Waals surface area contributed by atoms with Crippen molar-refractivity contribution in [1.29, 1.82) is 0 Å². The third-order valence-electron chi connectivity index (χ3n) is 3.81. The summed E-state index contributed by atoms with van der Waals surface area (Å²) in [5.74, 6) is -0.176. The predicted octanol–water partition coefficient (Wildman–Crippen LogP) is 4.16. The highest BCUT2D eigenvalue weighted by molar-refractivity contribution is 5.33. The van der Waals surface area contributed by atoms with Crippen molar-refractivity contribution in [3.8, 4) is 0 Å². The molecule has 0 radical (unpaired) electrons. The van der Waals surface area contributed by atoms with Crippen molar-refractivity contribution >= 4 is 0 Å². The summed E-state index contributed by atoms with van der Waals surface area (Å²) in [7, 11) is 0. The molecule has 0 aromatic heterocycles. The van der Waals surface area contributed by atoms with Crippen LogP contribution >= 0.6 is 0 Å². The average molecular weight is 271 g/mol. The zero-order valence-electron chi connectivity index (χ0n) is 12.4. The lowest BCUT2D eigenvalue weighted by Crippen LogP contribution is -2.27. The van der Waals surface area contributed by atoms with Gasteiger partial charge in [0.1, 0.15) is 5.82 Å². The fourth-order valence-electron chi connectivity index (χ4n) is 2.33. The lowest BCUT2D eigenvalue weighted by atomic mass is 10.0. The molecule has 2 rings (SSSR count). The Bertz CT molecular complexity index is 560. The fraction of sp³-hybridized carbons (Fsp3) is 0.333. The SMILES string of the molecule is Cc1cccc(CNC(C)Cc2ccc(F)cc2)c1C. The first-order valence-corrected chi connectivity index (χ1v) is 7.09. The first-order chi connectivity index (χ1) is 9.56. The van der Waals surface area contributed by atoms with Gasteiger partial charge in [-0.15, -0.1) is 0 Å². The minimum absolute atomic E-state index is 0.176. The number of halogens is 1. The molecule has 0 aliphatic heterocycles. The summed E-state index contributed by atoms with van der Waals surface area (Å²) in [5.41, 5.74) is 5.19. The highest BCUT2D eigenvalue weighted by Gasteiger charge is 2.05. The maximum absolute atomic E-state index is 12.9. The van der Waals surface area contributed by atoms with Gasteiger partial charge in [-0.05, 0) is 61.6 Å². The molecule has 2 aromatic rings. The largest absolute Gasteiger partial charge is 0.310 e. The maximum Gasteiger partial charge on any atom is 0.123 e. The van der Waals surface area contributed by atoms with E-state index in [-0.39, 0.29) is 5.82 Å². The maximum atomic E-state index is 12.9.